The summed E-state index contributed by atoms with van der Waals surface area (Å²) in [5.41, 5.74) is 1.11. The van der Waals surface area contributed by atoms with Crippen molar-refractivity contribution in [3.63, 3.8) is 0 Å². The maximum atomic E-state index is 11.9. The summed E-state index contributed by atoms with van der Waals surface area (Å²) in [6, 6.07) is 0. The zero-order valence-electron chi connectivity index (χ0n) is 11.9. The average molecular weight is 250 g/mol. The molecule has 2 atom stereocenters. The molecule has 0 N–H and O–H groups in total. The minimum atomic E-state index is -0.527. The molecule has 0 heterocycles. The van der Waals surface area contributed by atoms with Crippen molar-refractivity contribution in [2.24, 2.45) is 11.3 Å². The fourth-order valence-electron chi connectivity index (χ4n) is 1.83. The van der Waals surface area contributed by atoms with Gasteiger partial charge in [0, 0.05) is 12.3 Å². The Hall–Kier alpha value is -1.38. The van der Waals surface area contributed by atoms with E-state index >= 15 is 0 Å². The second-order valence-electron chi connectivity index (χ2n) is 6.07. The van der Waals surface area contributed by atoms with Crippen LogP contribution in [0.5, 0.6) is 0 Å². The molecule has 18 heavy (non-hydrogen) atoms. The lowest BCUT2D eigenvalue weighted by atomic mass is 9.83. The summed E-state index contributed by atoms with van der Waals surface area (Å²) >= 11 is 0. The fourth-order valence-corrected chi connectivity index (χ4v) is 1.83. The topological polar surface area (TPSA) is 43.4 Å². The molecule has 0 saturated carbocycles. The summed E-state index contributed by atoms with van der Waals surface area (Å²) in [5, 5.41) is 0. The monoisotopic (exact) mass is 250 g/mol. The Bertz CT molecular complexity index is 410. The van der Waals surface area contributed by atoms with Gasteiger partial charge in [-0.25, -0.2) is 0 Å². The number of allylic oxidation sites excluding steroid dienone is 2. The van der Waals surface area contributed by atoms with Gasteiger partial charge < -0.3 is 4.74 Å². The predicted octanol–water partition coefficient (Wildman–Crippen LogP) is 3.06. The van der Waals surface area contributed by atoms with Gasteiger partial charge in [-0.3, -0.25) is 9.59 Å². The van der Waals surface area contributed by atoms with Crippen molar-refractivity contribution >= 4 is 11.8 Å². The smallest absolute Gasteiger partial charge is 0.311 e. The molecule has 0 bridgehead atoms. The average Bonchev–Trinajstić information content (AvgIpc) is 2.19. The van der Waals surface area contributed by atoms with E-state index in [1.54, 1.807) is 6.08 Å². The van der Waals surface area contributed by atoms with Gasteiger partial charge in [0.05, 0.1) is 5.41 Å². The third kappa shape index (κ3) is 3.31. The molecule has 1 aliphatic carbocycles. The fraction of sp³-hybridized carbons (Fsp3) is 0.600. The molecule has 1 rings (SSSR count). The van der Waals surface area contributed by atoms with Crippen molar-refractivity contribution in [1.29, 1.82) is 0 Å². The molecule has 0 aliphatic heterocycles. The number of ether oxygens (including phenoxy) is 1. The summed E-state index contributed by atoms with van der Waals surface area (Å²) in [6.07, 6.45) is 1.78. The first-order chi connectivity index (χ1) is 8.12. The van der Waals surface area contributed by atoms with E-state index in [2.05, 4.69) is 6.58 Å². The second-order valence-corrected chi connectivity index (χ2v) is 6.07. The maximum Gasteiger partial charge on any atom is 0.311 e. The molecule has 0 aromatic carbocycles. The lowest BCUT2D eigenvalue weighted by Crippen LogP contribution is -2.34. The van der Waals surface area contributed by atoms with Gasteiger partial charge >= 0.3 is 5.97 Å². The van der Waals surface area contributed by atoms with E-state index in [1.807, 2.05) is 34.6 Å². The third-order valence-electron chi connectivity index (χ3n) is 3.13. The van der Waals surface area contributed by atoms with Crippen molar-refractivity contribution in [3.8, 4) is 0 Å². The van der Waals surface area contributed by atoms with Gasteiger partial charge in [0.2, 0.25) is 0 Å². The highest BCUT2D eigenvalue weighted by Crippen LogP contribution is 2.29. The van der Waals surface area contributed by atoms with E-state index in [4.69, 9.17) is 4.74 Å². The van der Waals surface area contributed by atoms with Crippen LogP contribution < -0.4 is 0 Å². The Labute approximate surface area is 109 Å². The summed E-state index contributed by atoms with van der Waals surface area (Å²) in [6.45, 7) is 12.9. The molecule has 3 heteroatoms. The van der Waals surface area contributed by atoms with Crippen LogP contribution in [0.4, 0.5) is 0 Å². The number of hydrogen-bond acceptors (Lipinski definition) is 3. The molecule has 1 aliphatic rings. The van der Waals surface area contributed by atoms with Crippen LogP contribution in [0.3, 0.4) is 0 Å². The first kappa shape index (κ1) is 14.7. The van der Waals surface area contributed by atoms with E-state index in [0.29, 0.717) is 6.42 Å². The minimum absolute atomic E-state index is 0.0584. The molecular weight excluding hydrogens is 228 g/mol. The summed E-state index contributed by atoms with van der Waals surface area (Å²) in [4.78, 5) is 23.7. The maximum absolute atomic E-state index is 11.9. The highest BCUT2D eigenvalue weighted by Gasteiger charge is 2.33. The normalized spacial score (nSPS) is 24.5. The quantitative estimate of drug-likeness (QED) is 0.559. The van der Waals surface area contributed by atoms with Crippen molar-refractivity contribution in [2.45, 2.75) is 47.1 Å². The summed E-state index contributed by atoms with van der Waals surface area (Å²) in [5.74, 6) is -0.412. The second kappa shape index (κ2) is 5.09. The number of carbonyl (C=O) groups excluding carboxylic acids is 2. The van der Waals surface area contributed by atoms with Crippen LogP contribution in [0.1, 0.15) is 41.0 Å². The van der Waals surface area contributed by atoms with E-state index < -0.39 is 5.41 Å². The molecule has 0 aromatic rings. The van der Waals surface area contributed by atoms with Crippen LogP contribution in [0.25, 0.3) is 0 Å². The SMILES string of the molecule is C=C(C)[C@H]1C[C@@H](OC(=O)C(C)(C)C)C(C)=CC1=O. The van der Waals surface area contributed by atoms with E-state index in [-0.39, 0.29) is 23.8 Å². The molecule has 0 unspecified atom stereocenters. The first-order valence-corrected chi connectivity index (χ1v) is 6.21. The summed E-state index contributed by atoms with van der Waals surface area (Å²) in [7, 11) is 0. The molecule has 0 spiro atoms. The number of hydrogen-bond donors (Lipinski definition) is 0. The Morgan fingerprint density at radius 3 is 2.44 bits per heavy atom. The molecule has 0 fully saturated rings. The van der Waals surface area contributed by atoms with Crippen LogP contribution in [0.2, 0.25) is 0 Å². The molecule has 0 radical (unpaired) electrons. The van der Waals surface area contributed by atoms with Crippen LogP contribution in [-0.4, -0.2) is 17.9 Å². The van der Waals surface area contributed by atoms with Gasteiger partial charge in [0.15, 0.2) is 5.78 Å². The van der Waals surface area contributed by atoms with Crippen LogP contribution >= 0.6 is 0 Å². The van der Waals surface area contributed by atoms with Gasteiger partial charge in [-0.2, -0.15) is 0 Å². The van der Waals surface area contributed by atoms with Gasteiger partial charge in [-0.1, -0.05) is 12.2 Å². The number of ketones is 1. The largest absolute Gasteiger partial charge is 0.457 e. The summed E-state index contributed by atoms with van der Waals surface area (Å²) < 4.78 is 5.50. The lowest BCUT2D eigenvalue weighted by molar-refractivity contribution is -0.158. The Morgan fingerprint density at radius 1 is 1.44 bits per heavy atom. The Morgan fingerprint density at radius 2 is 2.00 bits per heavy atom. The first-order valence-electron chi connectivity index (χ1n) is 6.21. The highest BCUT2D eigenvalue weighted by molar-refractivity contribution is 5.95. The molecular formula is C15H22O3. The molecule has 100 valence electrons. The van der Waals surface area contributed by atoms with Crippen molar-refractivity contribution in [3.05, 3.63) is 23.8 Å². The number of carbonyl (C=O) groups is 2. The van der Waals surface area contributed by atoms with Crippen LogP contribution in [0, 0.1) is 11.3 Å². The molecule has 0 aromatic heterocycles. The lowest BCUT2D eigenvalue weighted by Gasteiger charge is -2.29. The van der Waals surface area contributed by atoms with Crippen LogP contribution in [-0.2, 0) is 14.3 Å². The van der Waals surface area contributed by atoms with Crippen LogP contribution in [0.15, 0.2) is 23.8 Å². The van der Waals surface area contributed by atoms with Crippen molar-refractivity contribution in [1.82, 2.24) is 0 Å². The number of esters is 1. The zero-order valence-corrected chi connectivity index (χ0v) is 11.9. The third-order valence-corrected chi connectivity index (χ3v) is 3.13. The predicted molar refractivity (Wildman–Crippen MR) is 71.0 cm³/mol. The minimum Gasteiger partial charge on any atom is -0.457 e. The standard InChI is InChI=1S/C15H22O3/c1-9(2)11-8-13(10(3)7-12(11)16)18-14(17)15(4,5)6/h7,11,13H,1,8H2,2-6H3/t11-,13-/m1/s1. The molecule has 0 saturated heterocycles. The molecule has 3 nitrogen and oxygen atoms in total. The van der Waals surface area contributed by atoms with E-state index in [9.17, 15) is 9.59 Å². The van der Waals surface area contributed by atoms with Crippen molar-refractivity contribution in [2.75, 3.05) is 0 Å². The van der Waals surface area contributed by atoms with Gasteiger partial charge in [-0.15, -0.1) is 0 Å². The van der Waals surface area contributed by atoms with Gasteiger partial charge in [0.1, 0.15) is 6.10 Å². The number of rotatable bonds is 2. The molecule has 0 amide bonds. The Balaban J connectivity index is 2.85. The zero-order chi connectivity index (χ0) is 14.1. The van der Waals surface area contributed by atoms with Crippen molar-refractivity contribution < 1.29 is 14.3 Å². The van der Waals surface area contributed by atoms with Gasteiger partial charge in [0.25, 0.3) is 0 Å². The van der Waals surface area contributed by atoms with E-state index in [1.165, 1.54) is 0 Å². The van der Waals surface area contributed by atoms with Gasteiger partial charge in [-0.05, 0) is 46.3 Å². The Kier molecular flexibility index (Phi) is 4.15. The van der Waals surface area contributed by atoms with E-state index in [0.717, 1.165) is 11.1 Å². The highest BCUT2D eigenvalue weighted by atomic mass is 16.5.